The van der Waals surface area contributed by atoms with Crippen LogP contribution in [0.2, 0.25) is 5.02 Å². The van der Waals surface area contributed by atoms with Crippen LogP contribution >= 0.6 is 23.4 Å². The van der Waals surface area contributed by atoms with Gasteiger partial charge in [-0.1, -0.05) is 48.3 Å². The average Bonchev–Trinajstić information content (AvgIpc) is 3.16. The minimum absolute atomic E-state index is 0.346. The van der Waals surface area contributed by atoms with Gasteiger partial charge in [0, 0.05) is 11.6 Å². The predicted molar refractivity (Wildman–Crippen MR) is 92.5 cm³/mol. The SMILES string of the molecule is C[C@@H](Sc1nnc(-c2ccccc2Cl)n1C1CCCC1)C(N)=O. The summed E-state index contributed by atoms with van der Waals surface area (Å²) in [5, 5.41) is 9.71. The molecule has 0 bridgehead atoms. The molecule has 122 valence electrons. The number of hydrogen-bond donors (Lipinski definition) is 1. The lowest BCUT2D eigenvalue weighted by molar-refractivity contribution is -0.117. The third-order valence-electron chi connectivity index (χ3n) is 4.15. The Kier molecular flexibility index (Phi) is 4.92. The molecule has 7 heteroatoms. The fraction of sp³-hybridized carbons (Fsp3) is 0.438. The summed E-state index contributed by atoms with van der Waals surface area (Å²) in [6.45, 7) is 1.79. The van der Waals surface area contributed by atoms with Crippen LogP contribution in [0.3, 0.4) is 0 Å². The number of hydrogen-bond acceptors (Lipinski definition) is 4. The lowest BCUT2D eigenvalue weighted by Gasteiger charge is -2.18. The molecule has 0 spiro atoms. The van der Waals surface area contributed by atoms with E-state index in [0.717, 1.165) is 29.4 Å². The van der Waals surface area contributed by atoms with Gasteiger partial charge in [-0.05, 0) is 31.9 Å². The van der Waals surface area contributed by atoms with Crippen LogP contribution in [0.4, 0.5) is 0 Å². The summed E-state index contributed by atoms with van der Waals surface area (Å²) in [5.74, 6) is 0.414. The molecule has 2 N–H and O–H groups in total. The van der Waals surface area contributed by atoms with Crippen LogP contribution < -0.4 is 5.73 Å². The molecule has 1 saturated carbocycles. The standard InChI is InChI=1S/C16H19ClN4OS/c1-10(14(18)22)23-16-20-19-15(12-8-4-5-9-13(12)17)21(16)11-6-2-3-7-11/h4-5,8-11H,2-3,6-7H2,1H3,(H2,18,22)/t10-/m1/s1. The molecule has 0 aliphatic heterocycles. The van der Waals surface area contributed by atoms with Crippen molar-refractivity contribution >= 4 is 29.3 Å². The van der Waals surface area contributed by atoms with Crippen molar-refractivity contribution in [3.63, 3.8) is 0 Å². The van der Waals surface area contributed by atoms with Gasteiger partial charge in [-0.15, -0.1) is 10.2 Å². The Morgan fingerprint density at radius 3 is 2.70 bits per heavy atom. The van der Waals surface area contributed by atoms with Gasteiger partial charge in [-0.2, -0.15) is 0 Å². The molecule has 0 unspecified atom stereocenters. The number of nitrogens with zero attached hydrogens (tertiary/aromatic N) is 3. The topological polar surface area (TPSA) is 73.8 Å². The van der Waals surface area contributed by atoms with Crippen molar-refractivity contribution in [3.8, 4) is 11.4 Å². The van der Waals surface area contributed by atoms with Crippen molar-refractivity contribution in [2.24, 2.45) is 5.73 Å². The van der Waals surface area contributed by atoms with Gasteiger partial charge in [0.25, 0.3) is 0 Å². The van der Waals surface area contributed by atoms with E-state index in [2.05, 4.69) is 14.8 Å². The van der Waals surface area contributed by atoms with Crippen molar-refractivity contribution in [3.05, 3.63) is 29.3 Å². The average molecular weight is 351 g/mol. The summed E-state index contributed by atoms with van der Waals surface area (Å²) in [4.78, 5) is 11.4. The maximum absolute atomic E-state index is 11.4. The summed E-state index contributed by atoms with van der Waals surface area (Å²) in [5.41, 5.74) is 6.26. The lowest BCUT2D eigenvalue weighted by atomic mass is 10.2. The Hall–Kier alpha value is -1.53. The third kappa shape index (κ3) is 3.38. The number of carbonyl (C=O) groups is 1. The predicted octanol–water partition coefficient (Wildman–Crippen LogP) is 3.68. The van der Waals surface area contributed by atoms with Crippen molar-refractivity contribution in [2.75, 3.05) is 0 Å². The monoisotopic (exact) mass is 350 g/mol. The second-order valence-corrected chi connectivity index (χ2v) is 7.47. The maximum atomic E-state index is 11.4. The highest BCUT2D eigenvalue weighted by atomic mass is 35.5. The van der Waals surface area contributed by atoms with E-state index < -0.39 is 0 Å². The number of primary amides is 1. The fourth-order valence-corrected chi connectivity index (χ4v) is 3.98. The minimum atomic E-state index is -0.352. The van der Waals surface area contributed by atoms with Crippen LogP contribution in [0.1, 0.15) is 38.6 Å². The summed E-state index contributed by atoms with van der Waals surface area (Å²) in [6.07, 6.45) is 4.57. The molecule has 1 heterocycles. The molecule has 0 radical (unpaired) electrons. The minimum Gasteiger partial charge on any atom is -0.369 e. The largest absolute Gasteiger partial charge is 0.369 e. The second kappa shape index (κ2) is 6.93. The summed E-state index contributed by atoms with van der Waals surface area (Å²) < 4.78 is 2.14. The van der Waals surface area contributed by atoms with Gasteiger partial charge in [-0.3, -0.25) is 9.36 Å². The number of aromatic nitrogens is 3. The van der Waals surface area contributed by atoms with Crippen molar-refractivity contribution < 1.29 is 4.79 Å². The first-order chi connectivity index (χ1) is 11.1. The summed E-state index contributed by atoms with van der Waals surface area (Å²) in [6, 6.07) is 7.98. The van der Waals surface area contributed by atoms with E-state index >= 15 is 0 Å². The van der Waals surface area contributed by atoms with E-state index in [0.29, 0.717) is 11.1 Å². The number of halogens is 1. The summed E-state index contributed by atoms with van der Waals surface area (Å²) >= 11 is 7.70. The van der Waals surface area contributed by atoms with Crippen LogP contribution in [0, 0.1) is 0 Å². The van der Waals surface area contributed by atoms with Crippen LogP contribution in [0.25, 0.3) is 11.4 Å². The Bertz CT molecular complexity index is 712. The van der Waals surface area contributed by atoms with E-state index in [1.54, 1.807) is 6.92 Å². The Morgan fingerprint density at radius 2 is 2.04 bits per heavy atom. The second-order valence-electron chi connectivity index (χ2n) is 5.76. The molecule has 2 aromatic rings. The van der Waals surface area contributed by atoms with E-state index in [9.17, 15) is 4.79 Å². The molecule has 1 fully saturated rings. The van der Waals surface area contributed by atoms with Crippen molar-refractivity contribution in [2.45, 2.75) is 49.1 Å². The number of nitrogens with two attached hydrogens (primary N) is 1. The molecule has 0 saturated heterocycles. The highest BCUT2D eigenvalue weighted by molar-refractivity contribution is 8.00. The quantitative estimate of drug-likeness (QED) is 0.835. The van der Waals surface area contributed by atoms with Gasteiger partial charge in [-0.25, -0.2) is 0 Å². The number of amides is 1. The van der Waals surface area contributed by atoms with Gasteiger partial charge < -0.3 is 5.73 Å². The molecule has 5 nitrogen and oxygen atoms in total. The number of rotatable bonds is 5. The normalized spacial score (nSPS) is 16.6. The van der Waals surface area contributed by atoms with Gasteiger partial charge in [0.15, 0.2) is 11.0 Å². The highest BCUT2D eigenvalue weighted by Gasteiger charge is 2.27. The summed E-state index contributed by atoms with van der Waals surface area (Å²) in [7, 11) is 0. The van der Waals surface area contributed by atoms with Crippen LogP contribution in [-0.2, 0) is 4.79 Å². The molecule has 1 aromatic heterocycles. The zero-order valence-electron chi connectivity index (χ0n) is 12.9. The molecule has 3 rings (SSSR count). The zero-order valence-corrected chi connectivity index (χ0v) is 14.5. The van der Waals surface area contributed by atoms with E-state index in [1.807, 2.05) is 24.3 Å². The van der Waals surface area contributed by atoms with Crippen molar-refractivity contribution in [1.29, 1.82) is 0 Å². The first-order valence-electron chi connectivity index (χ1n) is 7.73. The first kappa shape index (κ1) is 16.3. The Balaban J connectivity index is 2.04. The van der Waals surface area contributed by atoms with Gasteiger partial charge >= 0.3 is 0 Å². The third-order valence-corrected chi connectivity index (χ3v) is 5.56. The molecule has 23 heavy (non-hydrogen) atoms. The van der Waals surface area contributed by atoms with E-state index in [-0.39, 0.29) is 11.2 Å². The number of carbonyl (C=O) groups excluding carboxylic acids is 1. The van der Waals surface area contributed by atoms with Crippen LogP contribution in [0.5, 0.6) is 0 Å². The Labute approximate surface area is 144 Å². The Morgan fingerprint density at radius 1 is 1.35 bits per heavy atom. The molecule has 1 amide bonds. The first-order valence-corrected chi connectivity index (χ1v) is 8.99. The van der Waals surface area contributed by atoms with Crippen molar-refractivity contribution in [1.82, 2.24) is 14.8 Å². The van der Waals surface area contributed by atoms with E-state index in [1.165, 1.54) is 24.6 Å². The zero-order chi connectivity index (χ0) is 16.4. The molecule has 1 atom stereocenters. The molecule has 1 aliphatic carbocycles. The van der Waals surface area contributed by atoms with Crippen LogP contribution in [-0.4, -0.2) is 25.9 Å². The van der Waals surface area contributed by atoms with Crippen LogP contribution in [0.15, 0.2) is 29.4 Å². The smallest absolute Gasteiger partial charge is 0.230 e. The number of thioether (sulfide) groups is 1. The van der Waals surface area contributed by atoms with Gasteiger partial charge in [0.1, 0.15) is 0 Å². The molecular formula is C16H19ClN4OS. The highest BCUT2D eigenvalue weighted by Crippen LogP contribution is 2.38. The van der Waals surface area contributed by atoms with E-state index in [4.69, 9.17) is 17.3 Å². The van der Waals surface area contributed by atoms with Gasteiger partial charge in [0.2, 0.25) is 5.91 Å². The maximum Gasteiger partial charge on any atom is 0.230 e. The van der Waals surface area contributed by atoms with Gasteiger partial charge in [0.05, 0.1) is 10.3 Å². The molecule has 1 aromatic carbocycles. The fourth-order valence-electron chi connectivity index (χ4n) is 2.89. The molecule has 1 aliphatic rings. The lowest BCUT2D eigenvalue weighted by Crippen LogP contribution is -2.23. The molecular weight excluding hydrogens is 332 g/mol. The number of benzene rings is 1.